The molecular formula is C79H149NO18. The molecule has 0 aliphatic carbocycles. The lowest BCUT2D eigenvalue weighted by Gasteiger charge is -2.48. The number of aliphatic hydroxyl groups is 11. The van der Waals surface area contributed by atoms with Gasteiger partial charge < -0.3 is 89.9 Å². The monoisotopic (exact) mass is 1400 g/mol. The first-order valence-corrected chi connectivity index (χ1v) is 40.6. The van der Waals surface area contributed by atoms with E-state index < -0.39 is 124 Å². The predicted octanol–water partition coefficient (Wildman–Crippen LogP) is 13.3. The average Bonchev–Trinajstić information content (AvgIpc) is 0.785. The number of carbonyl (C=O) groups is 1. The molecule has 19 heteroatoms. The molecule has 3 heterocycles. The van der Waals surface area contributed by atoms with Crippen molar-refractivity contribution in [3.05, 3.63) is 24.3 Å². The zero-order chi connectivity index (χ0) is 71.1. The average molecular weight is 1400 g/mol. The molecule has 3 aliphatic heterocycles. The standard InChI is InChI=1S/C79H149NO18/c1-3-5-7-9-11-13-15-17-19-21-23-24-25-26-27-28-29-30-31-32-33-34-35-36-37-38-39-41-43-45-47-49-51-53-55-57-67(85)80-62(63(84)56-54-52-50-48-46-44-42-40-22-20-18-16-14-12-10-8-6-4-2)61-93-77-73(91)70(88)75(65(59-82)95-77)98-79-74(92)71(89)76(66(60-83)96-79)97-78-72(90)69(87)68(86)64(58-81)94-78/h21,23,54,56,62-66,68-79,81-84,86-92H,3-20,22,24-53,55,57-61H2,1-2H3,(H,80,85)/b23-21-,56-54+. The summed E-state index contributed by atoms with van der Waals surface area (Å²) in [6.45, 7) is 1.78. The Bertz CT molecular complexity index is 1870. The molecule has 0 spiro atoms. The minimum absolute atomic E-state index is 0.249. The van der Waals surface area contributed by atoms with Gasteiger partial charge in [0.05, 0.1) is 38.6 Å². The highest BCUT2D eigenvalue weighted by Crippen LogP contribution is 2.33. The summed E-state index contributed by atoms with van der Waals surface area (Å²) in [6.07, 6.45) is 46.1. The molecule has 3 saturated heterocycles. The Balaban J connectivity index is 1.33. The zero-order valence-electron chi connectivity index (χ0n) is 61.8. The Morgan fingerprint density at radius 3 is 0.990 bits per heavy atom. The van der Waals surface area contributed by atoms with E-state index in [1.54, 1.807) is 6.08 Å². The smallest absolute Gasteiger partial charge is 0.220 e. The molecule has 1 amide bonds. The van der Waals surface area contributed by atoms with Crippen LogP contribution < -0.4 is 5.32 Å². The Hall–Kier alpha value is -1.73. The van der Waals surface area contributed by atoms with Crippen LogP contribution in [0.1, 0.15) is 341 Å². The van der Waals surface area contributed by atoms with Crippen molar-refractivity contribution in [2.24, 2.45) is 0 Å². The van der Waals surface area contributed by atoms with E-state index in [0.29, 0.717) is 6.42 Å². The number of hydrogen-bond acceptors (Lipinski definition) is 18. The highest BCUT2D eigenvalue weighted by molar-refractivity contribution is 5.76. The quantitative estimate of drug-likeness (QED) is 0.0199. The van der Waals surface area contributed by atoms with E-state index in [4.69, 9.17) is 28.4 Å². The highest BCUT2D eigenvalue weighted by atomic mass is 16.8. The van der Waals surface area contributed by atoms with Crippen molar-refractivity contribution in [1.82, 2.24) is 5.32 Å². The maximum absolute atomic E-state index is 13.5. The van der Waals surface area contributed by atoms with Crippen molar-refractivity contribution in [3.8, 4) is 0 Å². The van der Waals surface area contributed by atoms with E-state index in [1.807, 2.05) is 6.08 Å². The Morgan fingerprint density at radius 1 is 0.357 bits per heavy atom. The second-order valence-corrected chi connectivity index (χ2v) is 29.2. The maximum atomic E-state index is 13.5. The summed E-state index contributed by atoms with van der Waals surface area (Å²) in [5.41, 5.74) is 0. The molecule has 0 aromatic rings. The summed E-state index contributed by atoms with van der Waals surface area (Å²) in [6, 6.07) is -0.971. The molecule has 578 valence electrons. The first-order chi connectivity index (χ1) is 47.8. The van der Waals surface area contributed by atoms with Crippen molar-refractivity contribution in [2.75, 3.05) is 26.4 Å². The Morgan fingerprint density at radius 2 is 0.643 bits per heavy atom. The second-order valence-electron chi connectivity index (χ2n) is 29.2. The summed E-state index contributed by atoms with van der Waals surface area (Å²) in [7, 11) is 0. The van der Waals surface area contributed by atoms with Gasteiger partial charge in [0.2, 0.25) is 5.91 Å². The normalized spacial score (nSPS) is 26.8. The summed E-state index contributed by atoms with van der Waals surface area (Å²) >= 11 is 0. The number of unbranched alkanes of at least 4 members (excludes halogenated alkanes) is 47. The van der Waals surface area contributed by atoms with Gasteiger partial charge in [0.25, 0.3) is 0 Å². The second kappa shape index (κ2) is 60.5. The van der Waals surface area contributed by atoms with E-state index >= 15 is 0 Å². The number of nitrogens with one attached hydrogen (secondary N) is 1. The number of aliphatic hydroxyl groups excluding tert-OH is 11. The van der Waals surface area contributed by atoms with Gasteiger partial charge in [-0.05, 0) is 44.9 Å². The van der Waals surface area contributed by atoms with E-state index in [0.717, 1.165) is 44.9 Å². The minimum atomic E-state index is -1.98. The molecule has 12 N–H and O–H groups in total. The first-order valence-electron chi connectivity index (χ1n) is 40.6. The highest BCUT2D eigenvalue weighted by Gasteiger charge is 2.54. The zero-order valence-corrected chi connectivity index (χ0v) is 61.8. The third-order valence-corrected chi connectivity index (χ3v) is 20.5. The maximum Gasteiger partial charge on any atom is 0.220 e. The lowest BCUT2D eigenvalue weighted by molar-refractivity contribution is -0.379. The molecule has 0 bridgehead atoms. The Kier molecular flexibility index (Phi) is 55.9. The van der Waals surface area contributed by atoms with Crippen LogP contribution in [-0.2, 0) is 33.2 Å². The van der Waals surface area contributed by atoms with Gasteiger partial charge in [-0.25, -0.2) is 0 Å². The first kappa shape index (κ1) is 90.5. The fourth-order valence-corrected chi connectivity index (χ4v) is 14.0. The summed E-state index contributed by atoms with van der Waals surface area (Å²) in [5, 5.41) is 121. The lowest BCUT2D eigenvalue weighted by atomic mass is 9.96. The molecule has 98 heavy (non-hydrogen) atoms. The lowest BCUT2D eigenvalue weighted by Crippen LogP contribution is -2.66. The number of amides is 1. The van der Waals surface area contributed by atoms with E-state index in [2.05, 4.69) is 31.3 Å². The van der Waals surface area contributed by atoms with Crippen LogP contribution in [0.4, 0.5) is 0 Å². The van der Waals surface area contributed by atoms with Crippen LogP contribution in [0, 0.1) is 0 Å². The van der Waals surface area contributed by atoms with Gasteiger partial charge in [0.1, 0.15) is 73.2 Å². The van der Waals surface area contributed by atoms with Crippen LogP contribution in [0.2, 0.25) is 0 Å². The van der Waals surface area contributed by atoms with E-state index in [-0.39, 0.29) is 18.9 Å². The fraction of sp³-hybridized carbons (Fsp3) is 0.937. The molecular weight excluding hydrogens is 1250 g/mol. The van der Waals surface area contributed by atoms with Gasteiger partial charge in [0.15, 0.2) is 18.9 Å². The van der Waals surface area contributed by atoms with Gasteiger partial charge in [-0.2, -0.15) is 0 Å². The number of ether oxygens (including phenoxy) is 6. The third kappa shape index (κ3) is 40.5. The van der Waals surface area contributed by atoms with Crippen LogP contribution in [-0.4, -0.2) is 193 Å². The number of allylic oxidation sites excluding steroid dienone is 3. The van der Waals surface area contributed by atoms with Crippen molar-refractivity contribution in [2.45, 2.75) is 446 Å². The van der Waals surface area contributed by atoms with Crippen molar-refractivity contribution >= 4 is 5.91 Å². The molecule has 17 atom stereocenters. The molecule has 17 unspecified atom stereocenters. The van der Waals surface area contributed by atoms with Gasteiger partial charge in [-0.1, -0.05) is 314 Å². The third-order valence-electron chi connectivity index (χ3n) is 20.5. The topological polar surface area (TPSA) is 307 Å². The minimum Gasteiger partial charge on any atom is -0.394 e. The molecule has 0 saturated carbocycles. The van der Waals surface area contributed by atoms with Crippen LogP contribution in [0.25, 0.3) is 0 Å². The van der Waals surface area contributed by atoms with Crippen LogP contribution in [0.3, 0.4) is 0 Å². The molecule has 3 fully saturated rings. The summed E-state index contributed by atoms with van der Waals surface area (Å²) in [4.78, 5) is 13.5. The van der Waals surface area contributed by atoms with Crippen molar-refractivity contribution in [3.63, 3.8) is 0 Å². The van der Waals surface area contributed by atoms with E-state index in [9.17, 15) is 61.0 Å². The van der Waals surface area contributed by atoms with Crippen molar-refractivity contribution < 1.29 is 89.4 Å². The molecule has 3 rings (SSSR count). The van der Waals surface area contributed by atoms with Crippen LogP contribution >= 0.6 is 0 Å². The fourth-order valence-electron chi connectivity index (χ4n) is 14.0. The van der Waals surface area contributed by atoms with Gasteiger partial charge in [-0.3, -0.25) is 4.79 Å². The number of rotatable bonds is 65. The predicted molar refractivity (Wildman–Crippen MR) is 388 cm³/mol. The Labute approximate surface area is 594 Å². The van der Waals surface area contributed by atoms with Gasteiger partial charge in [-0.15, -0.1) is 0 Å². The molecule has 0 radical (unpaired) electrons. The van der Waals surface area contributed by atoms with Crippen molar-refractivity contribution in [1.29, 1.82) is 0 Å². The summed E-state index contributed by atoms with van der Waals surface area (Å²) in [5.74, 6) is -0.268. The molecule has 3 aliphatic rings. The van der Waals surface area contributed by atoms with Crippen LogP contribution in [0.15, 0.2) is 24.3 Å². The van der Waals surface area contributed by atoms with Crippen LogP contribution in [0.5, 0.6) is 0 Å². The number of carbonyl (C=O) groups excluding carboxylic acids is 1. The SMILES string of the molecule is CCCCCCCCCC/C=C\CCCCCCCCCCCCCCCCCCCCCCCCCC(=O)NC(COC1OC(CO)C(OC2OC(CO)C(OC3OC(CO)C(O)C(O)C3O)C(O)C2O)C(O)C1O)C(O)/C=C/CCCCCCCCCCCCCCCCCC. The summed E-state index contributed by atoms with van der Waals surface area (Å²) < 4.78 is 34.4. The van der Waals surface area contributed by atoms with Gasteiger partial charge >= 0.3 is 0 Å². The number of hydrogen-bond donors (Lipinski definition) is 12. The molecule has 0 aromatic heterocycles. The largest absolute Gasteiger partial charge is 0.394 e. The van der Waals surface area contributed by atoms with Gasteiger partial charge in [0, 0.05) is 6.42 Å². The molecule has 19 nitrogen and oxygen atoms in total. The van der Waals surface area contributed by atoms with E-state index in [1.165, 1.54) is 270 Å². The molecule has 0 aromatic carbocycles.